The van der Waals surface area contributed by atoms with E-state index in [0.29, 0.717) is 0 Å². The number of halogens is 3. The summed E-state index contributed by atoms with van der Waals surface area (Å²) in [4.78, 5) is 10.9. The molecule has 0 atom stereocenters. The highest BCUT2D eigenvalue weighted by atomic mass is 35.5. The minimum absolute atomic E-state index is 0.0662. The third-order valence-corrected chi connectivity index (χ3v) is 5.21. The Morgan fingerprint density at radius 1 is 1.11 bits per heavy atom. The van der Waals surface area contributed by atoms with Crippen LogP contribution in [0.1, 0.15) is 0 Å². The molecule has 0 saturated heterocycles. The number of sulfonamides is 1. The predicted molar refractivity (Wildman–Crippen MR) is 70.0 cm³/mol. The monoisotopic (exact) mass is 344 g/mol. The first-order chi connectivity index (χ1) is 8.40. The third kappa shape index (κ3) is 2.83. The average molecular weight is 346 g/mol. The minimum atomic E-state index is -3.86. The summed E-state index contributed by atoms with van der Waals surface area (Å²) in [6.45, 7) is 0. The van der Waals surface area contributed by atoms with Gasteiger partial charge in [-0.25, -0.2) is 23.4 Å². The number of anilines is 1. The maximum absolute atomic E-state index is 11.9. The van der Waals surface area contributed by atoms with E-state index in [2.05, 4.69) is 19.7 Å². The molecule has 2 rings (SSSR count). The zero-order valence-corrected chi connectivity index (χ0v) is 12.2. The van der Waals surface area contributed by atoms with E-state index in [-0.39, 0.29) is 24.7 Å². The molecule has 96 valence electrons. The predicted octanol–water partition coefficient (Wildman–Crippen LogP) is 2.69. The van der Waals surface area contributed by atoms with Gasteiger partial charge in [0.1, 0.15) is 12.0 Å². The third-order valence-electron chi connectivity index (χ3n) is 1.71. The van der Waals surface area contributed by atoms with Crippen molar-refractivity contribution in [3.8, 4) is 0 Å². The van der Waals surface area contributed by atoms with Gasteiger partial charge in [0.25, 0.3) is 10.0 Å². The van der Waals surface area contributed by atoms with Gasteiger partial charge >= 0.3 is 0 Å². The molecule has 1 N–H and O–H groups in total. The van der Waals surface area contributed by atoms with Crippen LogP contribution in [-0.4, -0.2) is 23.4 Å². The summed E-state index contributed by atoms with van der Waals surface area (Å²) in [7, 11) is -3.86. The van der Waals surface area contributed by atoms with Gasteiger partial charge in [-0.3, -0.25) is 4.72 Å². The second-order valence-electron chi connectivity index (χ2n) is 2.87. The van der Waals surface area contributed by atoms with Gasteiger partial charge in [-0.15, -0.1) is 0 Å². The van der Waals surface area contributed by atoms with E-state index in [0.717, 1.165) is 23.9 Å². The van der Waals surface area contributed by atoms with Crippen LogP contribution in [0.4, 0.5) is 5.69 Å². The number of nitrogens with one attached hydrogen (secondary N) is 1. The van der Waals surface area contributed by atoms with Crippen LogP contribution in [0.25, 0.3) is 0 Å². The molecule has 2 aromatic heterocycles. The summed E-state index contributed by atoms with van der Waals surface area (Å²) in [5.41, 5.74) is -0.0923. The molecule has 0 fully saturated rings. The fourth-order valence-electron chi connectivity index (χ4n) is 0.977. The summed E-state index contributed by atoms with van der Waals surface area (Å²) in [5, 5.41) is -0.205. The highest BCUT2D eigenvalue weighted by Gasteiger charge is 2.21. The van der Waals surface area contributed by atoms with Crippen molar-refractivity contribution in [3.05, 3.63) is 27.3 Å². The molecular formula is C7H3Cl3N4O2S2. The number of rotatable bonds is 3. The van der Waals surface area contributed by atoms with Crippen LogP contribution in [0, 0.1) is 0 Å². The molecule has 0 spiro atoms. The van der Waals surface area contributed by atoms with Gasteiger partial charge in [-0.05, 0) is 0 Å². The zero-order valence-electron chi connectivity index (χ0n) is 8.26. The molecule has 18 heavy (non-hydrogen) atoms. The Hall–Kier alpha value is -0.670. The molecule has 2 aromatic rings. The Bertz CT molecular complexity index is 667. The largest absolute Gasteiger partial charge is 0.273 e. The van der Waals surface area contributed by atoms with Gasteiger partial charge in [0, 0.05) is 0 Å². The molecule has 0 unspecified atom stereocenters. The quantitative estimate of drug-likeness (QED) is 0.865. The van der Waals surface area contributed by atoms with E-state index in [9.17, 15) is 8.42 Å². The molecule has 0 aliphatic rings. The Balaban J connectivity index is 2.40. The van der Waals surface area contributed by atoms with Crippen LogP contribution in [0.2, 0.25) is 14.8 Å². The van der Waals surface area contributed by atoms with E-state index < -0.39 is 10.0 Å². The van der Waals surface area contributed by atoms with Crippen molar-refractivity contribution in [3.63, 3.8) is 0 Å². The Labute approximate surface area is 121 Å². The van der Waals surface area contributed by atoms with Crippen LogP contribution >= 0.6 is 46.1 Å². The fourth-order valence-corrected chi connectivity index (χ4v) is 3.86. The van der Waals surface area contributed by atoms with Crippen LogP contribution < -0.4 is 4.72 Å². The average Bonchev–Trinajstić information content (AvgIpc) is 2.71. The summed E-state index contributed by atoms with van der Waals surface area (Å²) in [5.74, 6) is 0. The molecule has 2 heterocycles. The number of thiazole rings is 1. The van der Waals surface area contributed by atoms with Crippen molar-refractivity contribution in [2.24, 2.45) is 0 Å². The number of nitrogens with zero attached hydrogens (tertiary/aromatic N) is 3. The molecule has 11 heteroatoms. The van der Waals surface area contributed by atoms with E-state index in [1.165, 1.54) is 0 Å². The lowest BCUT2D eigenvalue weighted by molar-refractivity contribution is 0.603. The van der Waals surface area contributed by atoms with E-state index in [1.54, 1.807) is 0 Å². The van der Waals surface area contributed by atoms with Gasteiger partial charge < -0.3 is 0 Å². The molecular weight excluding hydrogens is 343 g/mol. The summed E-state index contributed by atoms with van der Waals surface area (Å²) < 4.78 is 26.1. The Morgan fingerprint density at radius 2 is 1.72 bits per heavy atom. The van der Waals surface area contributed by atoms with Crippen molar-refractivity contribution >= 4 is 61.9 Å². The van der Waals surface area contributed by atoms with Gasteiger partial charge in [0.05, 0.1) is 6.20 Å². The lowest BCUT2D eigenvalue weighted by Gasteiger charge is -2.07. The highest BCUT2D eigenvalue weighted by Crippen LogP contribution is 2.30. The maximum atomic E-state index is 11.9. The smallest absolute Gasteiger partial charge is 0.273 e. The number of hydrogen-bond donors (Lipinski definition) is 1. The Kier molecular flexibility index (Phi) is 3.93. The molecule has 0 radical (unpaired) electrons. The van der Waals surface area contributed by atoms with Gasteiger partial charge in [0.15, 0.2) is 19.0 Å². The Morgan fingerprint density at radius 3 is 2.22 bits per heavy atom. The van der Waals surface area contributed by atoms with E-state index >= 15 is 0 Å². The standard InChI is InChI=1S/C7H3Cl3N4O2S2/c8-5-4(6(9)13-2-12-5)14-18(15,16)3-1-11-7(10)17-3/h1-2,14H. The lowest BCUT2D eigenvalue weighted by atomic mass is 10.6. The van der Waals surface area contributed by atoms with Crippen molar-refractivity contribution in [2.75, 3.05) is 4.72 Å². The topological polar surface area (TPSA) is 84.8 Å². The molecule has 0 aromatic carbocycles. The van der Waals surface area contributed by atoms with Gasteiger partial charge in [-0.1, -0.05) is 46.1 Å². The molecule has 0 amide bonds. The molecule has 6 nitrogen and oxygen atoms in total. The van der Waals surface area contributed by atoms with Crippen molar-refractivity contribution in [2.45, 2.75) is 4.21 Å². The lowest BCUT2D eigenvalue weighted by Crippen LogP contribution is -2.13. The first-order valence-electron chi connectivity index (χ1n) is 4.20. The summed E-state index contributed by atoms with van der Waals surface area (Å²) in [6.07, 6.45) is 2.24. The van der Waals surface area contributed by atoms with Gasteiger partial charge in [0.2, 0.25) is 0 Å². The molecule has 0 bridgehead atoms. The van der Waals surface area contributed by atoms with E-state index in [1.807, 2.05) is 0 Å². The second-order valence-corrected chi connectivity index (χ2v) is 7.11. The highest BCUT2D eigenvalue weighted by molar-refractivity contribution is 7.94. The second kappa shape index (κ2) is 5.14. The fraction of sp³-hybridized carbons (Fsp3) is 0. The van der Waals surface area contributed by atoms with Crippen molar-refractivity contribution < 1.29 is 8.42 Å². The number of aromatic nitrogens is 3. The number of hydrogen-bond acceptors (Lipinski definition) is 6. The van der Waals surface area contributed by atoms with Gasteiger partial charge in [-0.2, -0.15) is 0 Å². The normalized spacial score (nSPS) is 11.5. The van der Waals surface area contributed by atoms with Crippen molar-refractivity contribution in [1.82, 2.24) is 15.0 Å². The van der Waals surface area contributed by atoms with Crippen LogP contribution in [-0.2, 0) is 10.0 Å². The molecule has 0 saturated carbocycles. The zero-order chi connectivity index (χ0) is 13.3. The maximum Gasteiger partial charge on any atom is 0.273 e. The van der Waals surface area contributed by atoms with Crippen LogP contribution in [0.15, 0.2) is 16.7 Å². The van der Waals surface area contributed by atoms with Crippen molar-refractivity contribution in [1.29, 1.82) is 0 Å². The van der Waals surface area contributed by atoms with E-state index in [4.69, 9.17) is 34.8 Å². The minimum Gasteiger partial charge on any atom is -0.273 e. The molecule has 0 aliphatic heterocycles. The first kappa shape index (κ1) is 13.8. The summed E-state index contributed by atoms with van der Waals surface area (Å²) in [6, 6.07) is 0. The molecule has 0 aliphatic carbocycles. The SMILES string of the molecule is O=S(=O)(Nc1c(Cl)ncnc1Cl)c1cnc(Cl)s1. The summed E-state index contributed by atoms with van der Waals surface area (Å²) >= 11 is 17.8. The first-order valence-corrected chi connectivity index (χ1v) is 7.63. The van der Waals surface area contributed by atoms with Crippen LogP contribution in [0.3, 0.4) is 0 Å². The van der Waals surface area contributed by atoms with Crippen LogP contribution in [0.5, 0.6) is 0 Å².